The molecule has 1 aromatic rings. The van der Waals surface area contributed by atoms with Gasteiger partial charge in [-0.1, -0.05) is 26.7 Å². The molecule has 134 valence electrons. The third-order valence-corrected chi connectivity index (χ3v) is 5.23. The molecule has 0 unspecified atom stereocenters. The first-order valence-corrected chi connectivity index (χ1v) is 9.33. The monoisotopic (exact) mass is 334 g/mol. The summed E-state index contributed by atoms with van der Waals surface area (Å²) in [7, 11) is 0. The van der Waals surface area contributed by atoms with Crippen molar-refractivity contribution in [3.63, 3.8) is 0 Å². The smallest absolute Gasteiger partial charge is 0.242 e. The maximum atomic E-state index is 12.7. The van der Waals surface area contributed by atoms with Crippen molar-refractivity contribution in [3.05, 3.63) is 11.8 Å². The fraction of sp³-hybridized carbons (Fsp3) is 0.778. The molecular weight excluding hydrogens is 304 g/mol. The maximum absolute atomic E-state index is 12.7. The van der Waals surface area contributed by atoms with Crippen LogP contribution in [0.1, 0.15) is 64.0 Å². The summed E-state index contributed by atoms with van der Waals surface area (Å²) in [5.74, 6) is 1.44. The third kappa shape index (κ3) is 4.36. The molecule has 3 N–H and O–H groups in total. The fourth-order valence-corrected chi connectivity index (χ4v) is 3.74. The number of nitrogens with zero attached hydrogens (tertiary/aromatic N) is 1. The van der Waals surface area contributed by atoms with E-state index in [9.17, 15) is 4.79 Å². The summed E-state index contributed by atoms with van der Waals surface area (Å²) in [6.07, 6.45) is 6.94. The zero-order valence-corrected chi connectivity index (χ0v) is 14.8. The molecule has 1 aliphatic carbocycles. The highest BCUT2D eigenvalue weighted by atomic mass is 16.5. The number of H-pyrrole nitrogens is 1. The molecule has 24 heavy (non-hydrogen) atoms. The molecule has 0 bridgehead atoms. The Labute approximate surface area is 144 Å². The summed E-state index contributed by atoms with van der Waals surface area (Å²) in [5, 5.41) is 13.9. The number of hydrogen-bond donors (Lipinski definition) is 3. The number of ether oxygens (including phenoxy) is 1. The van der Waals surface area contributed by atoms with Crippen molar-refractivity contribution in [2.45, 2.75) is 70.4 Å². The zero-order chi connectivity index (χ0) is 16.9. The van der Waals surface area contributed by atoms with Crippen LogP contribution in [0, 0.1) is 5.92 Å². The average molecular weight is 334 g/mol. The van der Waals surface area contributed by atoms with E-state index >= 15 is 0 Å². The lowest BCUT2D eigenvalue weighted by atomic mass is 10.00. The van der Waals surface area contributed by atoms with Gasteiger partial charge >= 0.3 is 0 Å². The standard InChI is InChI=1S/C18H30N4O2/c1-12(2)17(19-14-7-9-24-10-8-14)18(23)20-16-11-15(21-22-16)13-5-3-4-6-13/h11-14,17,19H,3-10H2,1-2H3,(H2,20,21,22,23)/t17-/m0/s1. The largest absolute Gasteiger partial charge is 0.381 e. The lowest BCUT2D eigenvalue weighted by Crippen LogP contribution is -2.50. The number of nitrogens with one attached hydrogen (secondary N) is 3. The second-order valence-electron chi connectivity index (χ2n) is 7.45. The second-order valence-corrected chi connectivity index (χ2v) is 7.45. The molecule has 1 atom stereocenters. The van der Waals surface area contributed by atoms with E-state index in [1.807, 2.05) is 6.07 Å². The molecule has 2 aliphatic rings. The molecule has 2 heterocycles. The Bertz CT molecular complexity index is 531. The third-order valence-electron chi connectivity index (χ3n) is 5.23. The highest BCUT2D eigenvalue weighted by Gasteiger charge is 2.27. The van der Waals surface area contributed by atoms with Crippen LogP contribution < -0.4 is 10.6 Å². The zero-order valence-electron chi connectivity index (χ0n) is 14.8. The van der Waals surface area contributed by atoms with E-state index in [0.29, 0.717) is 17.8 Å². The molecule has 0 radical (unpaired) electrons. The normalized spacial score (nSPS) is 21.3. The molecule has 0 aromatic carbocycles. The summed E-state index contributed by atoms with van der Waals surface area (Å²) >= 11 is 0. The molecular formula is C18H30N4O2. The minimum Gasteiger partial charge on any atom is -0.381 e. The van der Waals surface area contributed by atoms with Gasteiger partial charge in [0.05, 0.1) is 6.04 Å². The van der Waals surface area contributed by atoms with E-state index in [-0.39, 0.29) is 17.9 Å². The number of anilines is 1. The van der Waals surface area contributed by atoms with Crippen LogP contribution in [-0.2, 0) is 9.53 Å². The van der Waals surface area contributed by atoms with Crippen molar-refractivity contribution in [1.82, 2.24) is 15.5 Å². The van der Waals surface area contributed by atoms with E-state index < -0.39 is 0 Å². The predicted octanol–water partition coefficient (Wildman–Crippen LogP) is 2.80. The Hall–Kier alpha value is -1.40. The average Bonchev–Trinajstić information content (AvgIpc) is 3.24. The molecule has 1 saturated carbocycles. The van der Waals surface area contributed by atoms with Gasteiger partial charge in [-0.15, -0.1) is 0 Å². The molecule has 1 aliphatic heterocycles. The van der Waals surface area contributed by atoms with Gasteiger partial charge in [0.1, 0.15) is 0 Å². The lowest BCUT2D eigenvalue weighted by Gasteiger charge is -2.29. The molecule has 3 rings (SSSR count). The first-order chi connectivity index (χ1) is 11.6. The van der Waals surface area contributed by atoms with Crippen LogP contribution in [-0.4, -0.2) is 41.4 Å². The highest BCUT2D eigenvalue weighted by Crippen LogP contribution is 2.33. The van der Waals surface area contributed by atoms with Crippen molar-refractivity contribution in [2.24, 2.45) is 5.92 Å². The molecule has 6 heteroatoms. The van der Waals surface area contributed by atoms with Crippen LogP contribution in [0.2, 0.25) is 0 Å². The SMILES string of the molecule is CC(C)[C@H](NC1CCOCC1)C(=O)Nc1cc(C2CCCC2)[nH]n1. The molecule has 1 amide bonds. The second kappa shape index (κ2) is 8.12. The molecule has 1 saturated heterocycles. The molecule has 6 nitrogen and oxygen atoms in total. The van der Waals surface area contributed by atoms with Crippen LogP contribution in [0.25, 0.3) is 0 Å². The number of carbonyl (C=O) groups is 1. The van der Waals surface area contributed by atoms with Gasteiger partial charge in [-0.3, -0.25) is 9.89 Å². The molecule has 1 aromatic heterocycles. The minimum absolute atomic E-state index is 0.000892. The van der Waals surface area contributed by atoms with Gasteiger partial charge in [0.25, 0.3) is 0 Å². The topological polar surface area (TPSA) is 79.0 Å². The van der Waals surface area contributed by atoms with Crippen molar-refractivity contribution >= 4 is 11.7 Å². The van der Waals surface area contributed by atoms with Crippen molar-refractivity contribution in [2.75, 3.05) is 18.5 Å². The fourth-order valence-electron chi connectivity index (χ4n) is 3.74. The maximum Gasteiger partial charge on any atom is 0.242 e. The van der Waals surface area contributed by atoms with E-state index in [2.05, 4.69) is 34.7 Å². The number of aromatic amines is 1. The molecule has 2 fully saturated rings. The number of rotatable bonds is 6. The van der Waals surface area contributed by atoms with Gasteiger partial charge < -0.3 is 15.4 Å². The van der Waals surface area contributed by atoms with Crippen molar-refractivity contribution in [1.29, 1.82) is 0 Å². The number of amides is 1. The van der Waals surface area contributed by atoms with E-state index in [1.165, 1.54) is 25.7 Å². The Morgan fingerprint density at radius 2 is 1.96 bits per heavy atom. The Kier molecular flexibility index (Phi) is 5.89. The summed E-state index contributed by atoms with van der Waals surface area (Å²) in [6.45, 7) is 5.69. The Morgan fingerprint density at radius 1 is 1.25 bits per heavy atom. The van der Waals surface area contributed by atoms with Crippen LogP contribution in [0.15, 0.2) is 6.07 Å². The van der Waals surface area contributed by atoms with Crippen molar-refractivity contribution < 1.29 is 9.53 Å². The van der Waals surface area contributed by atoms with Crippen LogP contribution in [0.5, 0.6) is 0 Å². The minimum atomic E-state index is -0.209. The highest BCUT2D eigenvalue weighted by molar-refractivity contribution is 5.94. The number of aromatic nitrogens is 2. The lowest BCUT2D eigenvalue weighted by molar-refractivity contribution is -0.119. The Morgan fingerprint density at radius 3 is 2.62 bits per heavy atom. The van der Waals surface area contributed by atoms with Crippen molar-refractivity contribution in [3.8, 4) is 0 Å². The van der Waals surface area contributed by atoms with Gasteiger partial charge in [0, 0.05) is 36.9 Å². The first kappa shape index (κ1) is 17.4. The van der Waals surface area contributed by atoms with Gasteiger partial charge in [-0.25, -0.2) is 0 Å². The summed E-state index contributed by atoms with van der Waals surface area (Å²) in [4.78, 5) is 12.7. The van der Waals surface area contributed by atoms with Gasteiger partial charge in [-0.05, 0) is 31.6 Å². The number of carbonyl (C=O) groups excluding carboxylic acids is 1. The van der Waals surface area contributed by atoms with Crippen LogP contribution in [0.3, 0.4) is 0 Å². The first-order valence-electron chi connectivity index (χ1n) is 9.33. The predicted molar refractivity (Wildman–Crippen MR) is 94.0 cm³/mol. The Balaban J connectivity index is 1.58. The van der Waals surface area contributed by atoms with Gasteiger partial charge in [0.2, 0.25) is 5.91 Å². The van der Waals surface area contributed by atoms with E-state index in [4.69, 9.17) is 4.74 Å². The molecule has 0 spiro atoms. The number of hydrogen-bond acceptors (Lipinski definition) is 4. The summed E-state index contributed by atoms with van der Waals surface area (Å²) in [6, 6.07) is 2.14. The summed E-state index contributed by atoms with van der Waals surface area (Å²) in [5.41, 5.74) is 1.15. The summed E-state index contributed by atoms with van der Waals surface area (Å²) < 4.78 is 5.39. The van der Waals surface area contributed by atoms with Gasteiger partial charge in [-0.2, -0.15) is 5.10 Å². The van der Waals surface area contributed by atoms with E-state index in [1.54, 1.807) is 0 Å². The van der Waals surface area contributed by atoms with Gasteiger partial charge in [0.15, 0.2) is 5.82 Å². The quantitative estimate of drug-likeness (QED) is 0.747. The van der Waals surface area contributed by atoms with Crippen LogP contribution in [0.4, 0.5) is 5.82 Å². The van der Waals surface area contributed by atoms with Crippen LogP contribution >= 0.6 is 0 Å². The van der Waals surface area contributed by atoms with E-state index in [0.717, 1.165) is 31.7 Å².